The summed E-state index contributed by atoms with van der Waals surface area (Å²) in [5.74, 6) is -1.09. The van der Waals surface area contributed by atoms with E-state index in [0.29, 0.717) is 0 Å². The van der Waals surface area contributed by atoms with Crippen LogP contribution in [0.15, 0.2) is 54.9 Å². The number of amides is 1. The van der Waals surface area contributed by atoms with Gasteiger partial charge < -0.3 is 9.84 Å². The molecule has 2 aromatic rings. The van der Waals surface area contributed by atoms with Gasteiger partial charge in [0.05, 0.1) is 0 Å². The smallest absolute Gasteiger partial charge is 0.410 e. The fraction of sp³-hybridized carbons (Fsp3) is 0.188. The standard InChI is InChI=1S/C16H16N2O4/c19-15(20)11-18(10-13-6-8-17-9-7-13)16(21)22-12-14-4-2-1-3-5-14/h1-9H,10-12H2,(H,19,20). The molecule has 0 bridgehead atoms. The number of carboxylic acid groups (broad SMARTS) is 1. The summed E-state index contributed by atoms with van der Waals surface area (Å²) in [4.78, 5) is 28.0. The van der Waals surface area contributed by atoms with Gasteiger partial charge in [-0.3, -0.25) is 14.7 Å². The Bertz CT molecular complexity index is 617. The van der Waals surface area contributed by atoms with Gasteiger partial charge in [0.2, 0.25) is 0 Å². The molecule has 1 N–H and O–H groups in total. The quantitative estimate of drug-likeness (QED) is 0.885. The Hall–Kier alpha value is -2.89. The third-order valence-corrected chi connectivity index (χ3v) is 2.91. The van der Waals surface area contributed by atoms with Gasteiger partial charge in [0.1, 0.15) is 13.2 Å². The largest absolute Gasteiger partial charge is 0.480 e. The Morgan fingerprint density at radius 3 is 2.36 bits per heavy atom. The monoisotopic (exact) mass is 300 g/mol. The number of aromatic nitrogens is 1. The lowest BCUT2D eigenvalue weighted by Crippen LogP contribution is -2.35. The van der Waals surface area contributed by atoms with Crippen molar-refractivity contribution in [3.05, 3.63) is 66.0 Å². The van der Waals surface area contributed by atoms with Crippen LogP contribution in [0.4, 0.5) is 4.79 Å². The molecule has 1 heterocycles. The SMILES string of the molecule is O=C(O)CN(Cc1ccncc1)C(=O)OCc1ccccc1. The van der Waals surface area contributed by atoms with Gasteiger partial charge in [-0.1, -0.05) is 30.3 Å². The van der Waals surface area contributed by atoms with Crippen LogP contribution in [0.1, 0.15) is 11.1 Å². The topological polar surface area (TPSA) is 79.7 Å². The number of carbonyl (C=O) groups is 2. The highest BCUT2D eigenvalue weighted by Gasteiger charge is 2.18. The van der Waals surface area contributed by atoms with Crippen molar-refractivity contribution in [2.45, 2.75) is 13.2 Å². The van der Waals surface area contributed by atoms with Crippen LogP contribution in [0, 0.1) is 0 Å². The van der Waals surface area contributed by atoms with Gasteiger partial charge in [0, 0.05) is 18.9 Å². The van der Waals surface area contributed by atoms with E-state index in [-0.39, 0.29) is 13.2 Å². The molecule has 0 fully saturated rings. The van der Waals surface area contributed by atoms with E-state index < -0.39 is 18.6 Å². The second kappa shape index (κ2) is 7.78. The molecule has 0 aliphatic heterocycles. The lowest BCUT2D eigenvalue weighted by molar-refractivity contribution is -0.138. The van der Waals surface area contributed by atoms with Crippen LogP contribution >= 0.6 is 0 Å². The van der Waals surface area contributed by atoms with Crippen LogP contribution in [0.25, 0.3) is 0 Å². The highest BCUT2D eigenvalue weighted by molar-refractivity contribution is 5.76. The van der Waals surface area contributed by atoms with E-state index in [9.17, 15) is 9.59 Å². The van der Waals surface area contributed by atoms with Gasteiger partial charge in [0.15, 0.2) is 0 Å². The molecule has 6 heteroatoms. The third kappa shape index (κ3) is 4.90. The first-order chi connectivity index (χ1) is 10.6. The predicted molar refractivity (Wildman–Crippen MR) is 78.9 cm³/mol. The fourth-order valence-corrected chi connectivity index (χ4v) is 1.87. The number of carbonyl (C=O) groups excluding carboxylic acids is 1. The summed E-state index contributed by atoms with van der Waals surface area (Å²) >= 11 is 0. The minimum atomic E-state index is -1.09. The first-order valence-corrected chi connectivity index (χ1v) is 6.71. The Labute approximate surface area is 128 Å². The Morgan fingerprint density at radius 1 is 1.05 bits per heavy atom. The molecule has 6 nitrogen and oxygen atoms in total. The van der Waals surface area contributed by atoms with Crippen molar-refractivity contribution >= 4 is 12.1 Å². The van der Waals surface area contributed by atoms with E-state index in [0.717, 1.165) is 16.0 Å². The average Bonchev–Trinajstić information content (AvgIpc) is 2.53. The summed E-state index contributed by atoms with van der Waals surface area (Å²) in [6, 6.07) is 12.7. The van der Waals surface area contributed by atoms with Crippen LogP contribution in [0.3, 0.4) is 0 Å². The van der Waals surface area contributed by atoms with E-state index in [4.69, 9.17) is 9.84 Å². The van der Waals surface area contributed by atoms with E-state index in [1.165, 1.54) is 0 Å². The van der Waals surface area contributed by atoms with Gasteiger partial charge >= 0.3 is 12.1 Å². The lowest BCUT2D eigenvalue weighted by Gasteiger charge is -2.20. The van der Waals surface area contributed by atoms with Crippen molar-refractivity contribution in [2.75, 3.05) is 6.54 Å². The van der Waals surface area contributed by atoms with Crippen LogP contribution in [0.2, 0.25) is 0 Å². The maximum absolute atomic E-state index is 12.1. The summed E-state index contributed by atoms with van der Waals surface area (Å²) in [7, 11) is 0. The average molecular weight is 300 g/mol. The molecular formula is C16H16N2O4. The van der Waals surface area contributed by atoms with Crippen molar-refractivity contribution in [1.82, 2.24) is 9.88 Å². The number of nitrogens with zero attached hydrogens (tertiary/aromatic N) is 2. The maximum Gasteiger partial charge on any atom is 0.410 e. The summed E-state index contributed by atoms with van der Waals surface area (Å²) in [5.41, 5.74) is 1.63. The molecule has 114 valence electrons. The molecule has 0 saturated heterocycles. The molecule has 0 saturated carbocycles. The van der Waals surface area contributed by atoms with Crippen molar-refractivity contribution in [3.63, 3.8) is 0 Å². The fourth-order valence-electron chi connectivity index (χ4n) is 1.87. The number of hydrogen-bond acceptors (Lipinski definition) is 4. The number of ether oxygens (including phenoxy) is 1. The zero-order valence-corrected chi connectivity index (χ0v) is 11.9. The predicted octanol–water partition coefficient (Wildman–Crippen LogP) is 2.31. The minimum Gasteiger partial charge on any atom is -0.480 e. The zero-order valence-electron chi connectivity index (χ0n) is 11.9. The number of benzene rings is 1. The second-order valence-corrected chi connectivity index (χ2v) is 4.65. The molecule has 0 unspecified atom stereocenters. The summed E-state index contributed by atoms with van der Waals surface area (Å²) in [6.07, 6.45) is 2.51. The molecule has 0 atom stereocenters. The van der Waals surface area contributed by atoms with E-state index in [2.05, 4.69) is 4.98 Å². The number of rotatable bonds is 6. The zero-order chi connectivity index (χ0) is 15.8. The molecular weight excluding hydrogens is 284 g/mol. The first-order valence-electron chi connectivity index (χ1n) is 6.71. The van der Waals surface area contributed by atoms with Gasteiger partial charge in [0.25, 0.3) is 0 Å². The Morgan fingerprint density at radius 2 is 1.73 bits per heavy atom. The van der Waals surface area contributed by atoms with Gasteiger partial charge in [-0.05, 0) is 23.3 Å². The summed E-state index contributed by atoms with van der Waals surface area (Å²) in [5, 5.41) is 8.93. The second-order valence-electron chi connectivity index (χ2n) is 4.65. The molecule has 0 aliphatic carbocycles. The summed E-state index contributed by atoms with van der Waals surface area (Å²) in [6.45, 7) is -0.162. The number of carboxylic acids is 1. The Kier molecular flexibility index (Phi) is 5.48. The van der Waals surface area contributed by atoms with Crippen molar-refractivity contribution in [3.8, 4) is 0 Å². The molecule has 1 amide bonds. The van der Waals surface area contributed by atoms with Crippen LogP contribution in [-0.4, -0.2) is 33.6 Å². The van der Waals surface area contributed by atoms with Crippen LogP contribution in [0.5, 0.6) is 0 Å². The minimum absolute atomic E-state index is 0.103. The van der Waals surface area contributed by atoms with E-state index in [1.54, 1.807) is 24.5 Å². The highest BCUT2D eigenvalue weighted by Crippen LogP contribution is 2.07. The highest BCUT2D eigenvalue weighted by atomic mass is 16.6. The van der Waals surface area contributed by atoms with Crippen molar-refractivity contribution < 1.29 is 19.4 Å². The third-order valence-electron chi connectivity index (χ3n) is 2.91. The number of hydrogen-bond donors (Lipinski definition) is 1. The van der Waals surface area contributed by atoms with Crippen LogP contribution in [-0.2, 0) is 22.7 Å². The molecule has 22 heavy (non-hydrogen) atoms. The first kappa shape index (κ1) is 15.5. The van der Waals surface area contributed by atoms with Crippen molar-refractivity contribution in [1.29, 1.82) is 0 Å². The molecule has 0 aliphatic rings. The lowest BCUT2D eigenvalue weighted by atomic mass is 10.2. The Balaban J connectivity index is 1.98. The maximum atomic E-state index is 12.1. The molecule has 2 rings (SSSR count). The van der Waals surface area contributed by atoms with Crippen molar-refractivity contribution in [2.24, 2.45) is 0 Å². The molecule has 1 aromatic carbocycles. The van der Waals surface area contributed by atoms with Gasteiger partial charge in [-0.15, -0.1) is 0 Å². The van der Waals surface area contributed by atoms with E-state index in [1.807, 2.05) is 30.3 Å². The van der Waals surface area contributed by atoms with Gasteiger partial charge in [-0.25, -0.2) is 4.79 Å². The molecule has 0 spiro atoms. The number of pyridine rings is 1. The summed E-state index contributed by atoms with van der Waals surface area (Å²) < 4.78 is 5.17. The normalized spacial score (nSPS) is 10.0. The van der Waals surface area contributed by atoms with Crippen LogP contribution < -0.4 is 0 Å². The molecule has 0 radical (unpaired) electrons. The van der Waals surface area contributed by atoms with E-state index >= 15 is 0 Å². The number of aliphatic carboxylic acids is 1. The van der Waals surface area contributed by atoms with Gasteiger partial charge in [-0.2, -0.15) is 0 Å². The molecule has 1 aromatic heterocycles.